The topological polar surface area (TPSA) is 61.2 Å². The van der Waals surface area contributed by atoms with Gasteiger partial charge in [-0.25, -0.2) is 8.42 Å². The molecule has 0 N–H and O–H groups in total. The molecule has 21 heavy (non-hydrogen) atoms. The summed E-state index contributed by atoms with van der Waals surface area (Å²) in [5, 5.41) is 8.78. The first kappa shape index (κ1) is 16.0. The van der Waals surface area contributed by atoms with E-state index < -0.39 is 10.0 Å². The molecule has 0 amide bonds. The second kappa shape index (κ2) is 6.59. The largest absolute Gasteiger partial charge is 0.243 e. The van der Waals surface area contributed by atoms with Crippen LogP contribution in [-0.2, 0) is 10.0 Å². The van der Waals surface area contributed by atoms with E-state index in [0.29, 0.717) is 5.56 Å². The average molecular weight is 306 g/mol. The summed E-state index contributed by atoms with van der Waals surface area (Å²) in [6.45, 7) is 2.20. The zero-order valence-corrected chi connectivity index (χ0v) is 13.4. The Morgan fingerprint density at radius 1 is 1.19 bits per heavy atom. The van der Waals surface area contributed by atoms with E-state index in [0.717, 1.165) is 31.6 Å². The van der Waals surface area contributed by atoms with E-state index in [1.807, 2.05) is 6.07 Å². The zero-order valence-electron chi connectivity index (χ0n) is 12.6. The Balaban J connectivity index is 2.13. The highest BCUT2D eigenvalue weighted by molar-refractivity contribution is 7.89. The van der Waals surface area contributed by atoms with E-state index in [9.17, 15) is 8.42 Å². The van der Waals surface area contributed by atoms with Crippen LogP contribution in [0.2, 0.25) is 0 Å². The third-order valence-corrected chi connectivity index (χ3v) is 6.49. The monoisotopic (exact) mass is 306 g/mol. The van der Waals surface area contributed by atoms with Gasteiger partial charge in [-0.3, -0.25) is 0 Å². The van der Waals surface area contributed by atoms with E-state index in [1.54, 1.807) is 19.2 Å². The standard InChI is InChI=1S/C16H22N2O2S/c1-3-13-4-8-15(9-5-13)18(2)21(19,20)16-10-6-14(12-17)7-11-16/h6-7,10-11,13,15H,3-5,8-9H2,1-2H3. The fourth-order valence-electron chi connectivity index (χ4n) is 2.98. The van der Waals surface area contributed by atoms with E-state index >= 15 is 0 Å². The Morgan fingerprint density at radius 3 is 2.24 bits per heavy atom. The summed E-state index contributed by atoms with van der Waals surface area (Å²) in [5.41, 5.74) is 0.472. The van der Waals surface area contributed by atoms with Crippen LogP contribution in [0.5, 0.6) is 0 Å². The summed E-state index contributed by atoms with van der Waals surface area (Å²) in [7, 11) is -1.79. The Bertz CT molecular complexity index is 609. The number of rotatable bonds is 4. The SMILES string of the molecule is CCC1CCC(N(C)S(=O)(=O)c2ccc(C#N)cc2)CC1. The van der Waals surface area contributed by atoms with Gasteiger partial charge in [0.15, 0.2) is 0 Å². The fourth-order valence-corrected chi connectivity index (χ4v) is 4.40. The van der Waals surface area contributed by atoms with E-state index in [2.05, 4.69) is 6.92 Å². The van der Waals surface area contributed by atoms with Crippen molar-refractivity contribution in [3.8, 4) is 6.07 Å². The van der Waals surface area contributed by atoms with E-state index in [-0.39, 0.29) is 10.9 Å². The number of benzene rings is 1. The maximum Gasteiger partial charge on any atom is 0.243 e. The normalized spacial score (nSPS) is 23.0. The van der Waals surface area contributed by atoms with E-state index in [4.69, 9.17) is 5.26 Å². The number of nitriles is 1. The van der Waals surface area contributed by atoms with Crippen LogP contribution in [0.3, 0.4) is 0 Å². The van der Waals surface area contributed by atoms with Crippen LogP contribution in [0.25, 0.3) is 0 Å². The summed E-state index contributed by atoms with van der Waals surface area (Å²) in [6, 6.07) is 8.22. The van der Waals surface area contributed by atoms with Crippen LogP contribution >= 0.6 is 0 Å². The van der Waals surface area contributed by atoms with Crippen molar-refractivity contribution in [1.82, 2.24) is 4.31 Å². The number of hydrogen-bond donors (Lipinski definition) is 0. The van der Waals surface area contributed by atoms with Gasteiger partial charge in [-0.05, 0) is 55.9 Å². The minimum atomic E-state index is -3.46. The second-order valence-electron chi connectivity index (χ2n) is 5.74. The molecule has 2 rings (SSSR count). The Hall–Kier alpha value is -1.38. The third kappa shape index (κ3) is 3.45. The van der Waals surface area contributed by atoms with Crippen LogP contribution in [0.15, 0.2) is 29.2 Å². The molecule has 1 aromatic rings. The molecule has 1 saturated carbocycles. The van der Waals surface area contributed by atoms with Gasteiger partial charge in [0.1, 0.15) is 0 Å². The zero-order chi connectivity index (χ0) is 15.5. The molecule has 0 heterocycles. The summed E-state index contributed by atoms with van der Waals surface area (Å²) in [6.07, 6.45) is 5.26. The van der Waals surface area contributed by atoms with Crippen LogP contribution < -0.4 is 0 Å². The Labute approximate surface area is 127 Å². The van der Waals surface area contributed by atoms with Crippen molar-refractivity contribution in [3.05, 3.63) is 29.8 Å². The van der Waals surface area contributed by atoms with Crippen molar-refractivity contribution in [1.29, 1.82) is 5.26 Å². The molecular weight excluding hydrogens is 284 g/mol. The molecule has 0 atom stereocenters. The second-order valence-corrected chi connectivity index (χ2v) is 7.74. The molecule has 0 bridgehead atoms. The molecule has 1 aliphatic rings. The molecule has 0 spiro atoms. The molecular formula is C16H22N2O2S. The van der Waals surface area contributed by atoms with Crippen LogP contribution in [0.1, 0.15) is 44.6 Å². The Morgan fingerprint density at radius 2 is 1.76 bits per heavy atom. The molecule has 1 aromatic carbocycles. The fraction of sp³-hybridized carbons (Fsp3) is 0.562. The summed E-state index contributed by atoms with van der Waals surface area (Å²) in [5.74, 6) is 0.743. The molecule has 5 heteroatoms. The number of nitrogens with zero attached hydrogens (tertiary/aromatic N) is 2. The molecule has 114 valence electrons. The quantitative estimate of drug-likeness (QED) is 0.858. The van der Waals surface area contributed by atoms with Crippen molar-refractivity contribution in [2.45, 2.75) is 50.0 Å². The first-order valence-electron chi connectivity index (χ1n) is 7.47. The highest BCUT2D eigenvalue weighted by Crippen LogP contribution is 2.31. The molecule has 0 unspecified atom stereocenters. The Kier molecular flexibility index (Phi) is 5.02. The van der Waals surface area contributed by atoms with Crippen LogP contribution in [-0.4, -0.2) is 25.8 Å². The maximum absolute atomic E-state index is 12.6. The van der Waals surface area contributed by atoms with Gasteiger partial charge in [0, 0.05) is 13.1 Å². The summed E-state index contributed by atoms with van der Waals surface area (Å²) >= 11 is 0. The predicted molar refractivity (Wildman–Crippen MR) is 82.1 cm³/mol. The molecule has 1 fully saturated rings. The van der Waals surface area contributed by atoms with Crippen LogP contribution in [0, 0.1) is 17.2 Å². The van der Waals surface area contributed by atoms with Crippen LogP contribution in [0.4, 0.5) is 0 Å². The minimum absolute atomic E-state index is 0.0912. The summed E-state index contributed by atoms with van der Waals surface area (Å²) in [4.78, 5) is 0.265. The highest BCUT2D eigenvalue weighted by Gasteiger charge is 2.30. The van der Waals surface area contributed by atoms with Gasteiger partial charge in [-0.2, -0.15) is 9.57 Å². The van der Waals surface area contributed by atoms with Crippen molar-refractivity contribution >= 4 is 10.0 Å². The van der Waals surface area contributed by atoms with Gasteiger partial charge in [-0.15, -0.1) is 0 Å². The third-order valence-electron chi connectivity index (χ3n) is 4.57. The lowest BCUT2D eigenvalue weighted by Gasteiger charge is -2.33. The lowest BCUT2D eigenvalue weighted by Crippen LogP contribution is -2.39. The van der Waals surface area contributed by atoms with Crippen molar-refractivity contribution < 1.29 is 8.42 Å². The van der Waals surface area contributed by atoms with Gasteiger partial charge in [0.05, 0.1) is 16.5 Å². The highest BCUT2D eigenvalue weighted by atomic mass is 32.2. The molecule has 0 aromatic heterocycles. The molecule has 0 saturated heterocycles. The summed E-state index contributed by atoms with van der Waals surface area (Å²) < 4.78 is 26.8. The van der Waals surface area contributed by atoms with Gasteiger partial charge in [0.25, 0.3) is 0 Å². The van der Waals surface area contributed by atoms with Gasteiger partial charge in [0.2, 0.25) is 10.0 Å². The van der Waals surface area contributed by atoms with Gasteiger partial charge < -0.3 is 0 Å². The first-order chi connectivity index (χ1) is 9.98. The number of hydrogen-bond acceptors (Lipinski definition) is 3. The van der Waals surface area contributed by atoms with Crippen molar-refractivity contribution in [2.24, 2.45) is 5.92 Å². The number of sulfonamides is 1. The van der Waals surface area contributed by atoms with E-state index in [1.165, 1.54) is 22.9 Å². The lowest BCUT2D eigenvalue weighted by molar-refractivity contribution is 0.233. The molecule has 0 radical (unpaired) electrons. The minimum Gasteiger partial charge on any atom is -0.207 e. The smallest absolute Gasteiger partial charge is 0.207 e. The van der Waals surface area contributed by atoms with Gasteiger partial charge >= 0.3 is 0 Å². The average Bonchev–Trinajstić information content (AvgIpc) is 2.54. The predicted octanol–water partition coefficient (Wildman–Crippen LogP) is 3.15. The lowest BCUT2D eigenvalue weighted by atomic mass is 9.85. The maximum atomic E-state index is 12.6. The van der Waals surface area contributed by atoms with Crippen molar-refractivity contribution in [2.75, 3.05) is 7.05 Å². The van der Waals surface area contributed by atoms with Crippen molar-refractivity contribution in [3.63, 3.8) is 0 Å². The van der Waals surface area contributed by atoms with Gasteiger partial charge in [-0.1, -0.05) is 13.3 Å². The molecule has 1 aliphatic carbocycles. The first-order valence-corrected chi connectivity index (χ1v) is 8.91. The molecule has 4 nitrogen and oxygen atoms in total. The molecule has 0 aliphatic heterocycles.